The molecule has 0 unspecified atom stereocenters. The molecule has 0 radical (unpaired) electrons. The molecule has 0 atom stereocenters. The fourth-order valence-electron chi connectivity index (χ4n) is 2.40. The Hall–Kier alpha value is -3.08. The Kier molecular flexibility index (Phi) is 4.33. The Morgan fingerprint density at radius 3 is 2.54 bits per heavy atom. The van der Waals surface area contributed by atoms with Crippen LogP contribution in [0.1, 0.15) is 12.5 Å². The molecular weight excluding hydrogens is 304 g/mol. The van der Waals surface area contributed by atoms with Crippen molar-refractivity contribution in [2.75, 3.05) is 14.1 Å². The molecule has 3 aromatic rings. The molecule has 5 nitrogen and oxygen atoms in total. The minimum Gasteiger partial charge on any atom is -0.463 e. The van der Waals surface area contributed by atoms with Gasteiger partial charge in [0, 0.05) is 20.2 Å². The Bertz CT molecular complexity index is 944. The van der Waals surface area contributed by atoms with E-state index in [1.807, 2.05) is 30.3 Å². The monoisotopic (exact) mass is 322 g/mol. The van der Waals surface area contributed by atoms with Crippen molar-refractivity contribution in [2.24, 2.45) is 5.10 Å². The van der Waals surface area contributed by atoms with Gasteiger partial charge in [-0.15, -0.1) is 0 Å². The lowest BCUT2D eigenvalue weighted by Gasteiger charge is -2.08. The molecule has 0 N–H and O–H groups in total. The molecule has 3 rings (SSSR count). The molecular formula is C19H18N2O3. The first-order valence-corrected chi connectivity index (χ1v) is 7.56. The van der Waals surface area contributed by atoms with Gasteiger partial charge in [0.1, 0.15) is 23.3 Å². The first-order chi connectivity index (χ1) is 11.5. The second-order valence-electron chi connectivity index (χ2n) is 5.58. The third-order valence-electron chi connectivity index (χ3n) is 3.46. The van der Waals surface area contributed by atoms with E-state index in [2.05, 4.69) is 5.10 Å². The number of para-hydroxylation sites is 1. The van der Waals surface area contributed by atoms with Crippen LogP contribution in [0.3, 0.4) is 0 Å². The minimum absolute atomic E-state index is 0.106. The largest absolute Gasteiger partial charge is 0.463 e. The standard InChI is InChI=1S/C19H18N2O3/c1-13(20-21(2)3)17-12-23-18-11-15(9-10-16(18)19(17)22)24-14-7-5-4-6-8-14/h4-12H,1-3H3. The summed E-state index contributed by atoms with van der Waals surface area (Å²) in [4.78, 5) is 12.6. The maximum absolute atomic E-state index is 12.6. The first kappa shape index (κ1) is 15.8. The van der Waals surface area contributed by atoms with E-state index >= 15 is 0 Å². The number of nitrogens with zero attached hydrogens (tertiary/aromatic N) is 2. The van der Waals surface area contributed by atoms with Crippen LogP contribution in [0.15, 0.2) is 69.1 Å². The van der Waals surface area contributed by atoms with E-state index in [1.54, 1.807) is 44.2 Å². The van der Waals surface area contributed by atoms with Crippen LogP contribution in [-0.2, 0) is 0 Å². The van der Waals surface area contributed by atoms with Crippen molar-refractivity contribution in [1.82, 2.24) is 5.01 Å². The lowest BCUT2D eigenvalue weighted by Crippen LogP contribution is -2.16. The first-order valence-electron chi connectivity index (χ1n) is 7.56. The highest BCUT2D eigenvalue weighted by molar-refractivity contribution is 6.00. The summed E-state index contributed by atoms with van der Waals surface area (Å²) in [5.41, 5.74) is 1.44. The Balaban J connectivity index is 1.99. The molecule has 0 fully saturated rings. The molecule has 0 saturated heterocycles. The summed E-state index contributed by atoms with van der Waals surface area (Å²) in [5, 5.41) is 6.40. The van der Waals surface area contributed by atoms with Gasteiger partial charge >= 0.3 is 0 Å². The van der Waals surface area contributed by atoms with Crippen molar-refractivity contribution >= 4 is 16.7 Å². The number of hydrogen-bond donors (Lipinski definition) is 0. The fourth-order valence-corrected chi connectivity index (χ4v) is 2.40. The normalized spacial score (nSPS) is 11.5. The molecule has 0 bridgehead atoms. The number of benzene rings is 2. The quantitative estimate of drug-likeness (QED) is 0.540. The number of rotatable bonds is 4. The van der Waals surface area contributed by atoms with E-state index in [1.165, 1.54) is 6.26 Å². The summed E-state index contributed by atoms with van der Waals surface area (Å²) in [7, 11) is 3.61. The molecule has 1 heterocycles. The molecule has 24 heavy (non-hydrogen) atoms. The van der Waals surface area contributed by atoms with Gasteiger partial charge in [-0.2, -0.15) is 5.10 Å². The van der Waals surface area contributed by atoms with Crippen LogP contribution in [-0.4, -0.2) is 24.8 Å². The zero-order chi connectivity index (χ0) is 17.1. The molecule has 0 amide bonds. The van der Waals surface area contributed by atoms with Gasteiger partial charge in [0.25, 0.3) is 0 Å². The van der Waals surface area contributed by atoms with E-state index in [4.69, 9.17) is 9.15 Å². The maximum atomic E-state index is 12.6. The molecule has 0 aliphatic carbocycles. The summed E-state index contributed by atoms with van der Waals surface area (Å²) in [6, 6.07) is 14.6. The van der Waals surface area contributed by atoms with Crippen molar-refractivity contribution in [1.29, 1.82) is 0 Å². The molecule has 2 aromatic carbocycles. The summed E-state index contributed by atoms with van der Waals surface area (Å²) in [6.45, 7) is 1.78. The van der Waals surface area contributed by atoms with E-state index < -0.39 is 0 Å². The molecule has 0 spiro atoms. The predicted molar refractivity (Wildman–Crippen MR) is 94.9 cm³/mol. The van der Waals surface area contributed by atoms with Crippen molar-refractivity contribution < 1.29 is 9.15 Å². The average Bonchev–Trinajstić information content (AvgIpc) is 2.55. The average molecular weight is 322 g/mol. The zero-order valence-electron chi connectivity index (χ0n) is 13.8. The lowest BCUT2D eigenvalue weighted by atomic mass is 10.1. The SMILES string of the molecule is CC(=NN(C)C)c1coc2cc(Oc3ccccc3)ccc2c1=O. The van der Waals surface area contributed by atoms with Crippen molar-refractivity contribution in [3.63, 3.8) is 0 Å². The smallest absolute Gasteiger partial charge is 0.201 e. The molecule has 0 saturated carbocycles. The fraction of sp³-hybridized carbons (Fsp3) is 0.158. The number of ether oxygens (including phenoxy) is 1. The summed E-state index contributed by atoms with van der Waals surface area (Å²) < 4.78 is 11.4. The Morgan fingerprint density at radius 2 is 1.83 bits per heavy atom. The molecule has 0 aliphatic heterocycles. The molecule has 1 aromatic heterocycles. The third kappa shape index (κ3) is 3.30. The molecule has 5 heteroatoms. The van der Waals surface area contributed by atoms with Crippen molar-refractivity contribution in [2.45, 2.75) is 6.92 Å². The van der Waals surface area contributed by atoms with Gasteiger partial charge in [-0.1, -0.05) is 18.2 Å². The maximum Gasteiger partial charge on any atom is 0.201 e. The summed E-state index contributed by atoms with van der Waals surface area (Å²) in [5.74, 6) is 1.34. The van der Waals surface area contributed by atoms with Gasteiger partial charge in [-0.3, -0.25) is 4.79 Å². The Morgan fingerprint density at radius 1 is 1.08 bits per heavy atom. The lowest BCUT2D eigenvalue weighted by molar-refractivity contribution is 0.437. The van der Waals surface area contributed by atoms with Crippen molar-refractivity contribution in [3.8, 4) is 11.5 Å². The number of fused-ring (bicyclic) bond motifs is 1. The van der Waals surface area contributed by atoms with Crippen LogP contribution in [0.2, 0.25) is 0 Å². The highest BCUT2D eigenvalue weighted by Gasteiger charge is 2.11. The van der Waals surface area contributed by atoms with Crippen LogP contribution < -0.4 is 10.2 Å². The van der Waals surface area contributed by atoms with Crippen LogP contribution in [0.4, 0.5) is 0 Å². The van der Waals surface area contributed by atoms with Gasteiger partial charge in [0.15, 0.2) is 0 Å². The van der Waals surface area contributed by atoms with Gasteiger partial charge in [-0.05, 0) is 31.2 Å². The van der Waals surface area contributed by atoms with Crippen LogP contribution in [0.5, 0.6) is 11.5 Å². The molecule has 0 aliphatic rings. The topological polar surface area (TPSA) is 55.0 Å². The Labute approximate surface area is 139 Å². The number of hydrazone groups is 1. The third-order valence-corrected chi connectivity index (χ3v) is 3.46. The summed E-state index contributed by atoms with van der Waals surface area (Å²) in [6.07, 6.45) is 1.44. The van der Waals surface area contributed by atoms with E-state index in [0.717, 1.165) is 5.75 Å². The molecule has 122 valence electrons. The van der Waals surface area contributed by atoms with Gasteiger partial charge < -0.3 is 14.2 Å². The van der Waals surface area contributed by atoms with E-state index in [9.17, 15) is 4.79 Å². The van der Waals surface area contributed by atoms with E-state index in [0.29, 0.717) is 28.0 Å². The van der Waals surface area contributed by atoms with E-state index in [-0.39, 0.29) is 5.43 Å². The van der Waals surface area contributed by atoms with Crippen molar-refractivity contribution in [3.05, 3.63) is 70.6 Å². The number of hydrogen-bond acceptors (Lipinski definition) is 5. The second kappa shape index (κ2) is 6.58. The van der Waals surface area contributed by atoms with Crippen LogP contribution in [0, 0.1) is 0 Å². The van der Waals surface area contributed by atoms with Gasteiger partial charge in [0.2, 0.25) is 5.43 Å². The second-order valence-corrected chi connectivity index (χ2v) is 5.58. The van der Waals surface area contributed by atoms with Crippen LogP contribution >= 0.6 is 0 Å². The predicted octanol–water partition coefficient (Wildman–Crippen LogP) is 3.87. The highest BCUT2D eigenvalue weighted by atomic mass is 16.5. The van der Waals surface area contributed by atoms with Gasteiger partial charge in [0.05, 0.1) is 16.7 Å². The zero-order valence-corrected chi connectivity index (χ0v) is 13.8. The van der Waals surface area contributed by atoms with Crippen LogP contribution in [0.25, 0.3) is 11.0 Å². The summed E-state index contributed by atoms with van der Waals surface area (Å²) >= 11 is 0. The minimum atomic E-state index is -0.106. The highest BCUT2D eigenvalue weighted by Crippen LogP contribution is 2.24. The van der Waals surface area contributed by atoms with Gasteiger partial charge in [-0.25, -0.2) is 0 Å².